The normalized spacial score (nSPS) is 11.2. The van der Waals surface area contributed by atoms with Gasteiger partial charge in [-0.25, -0.2) is 18.4 Å². The van der Waals surface area contributed by atoms with Crippen molar-refractivity contribution in [1.29, 1.82) is 0 Å². The van der Waals surface area contributed by atoms with Gasteiger partial charge in [0.2, 0.25) is 10.0 Å². The Hall–Kier alpha value is -1.90. The molecular formula is C12H12N2O4S2. The molecule has 2 aromatic rings. The van der Waals surface area contributed by atoms with Gasteiger partial charge in [-0.2, -0.15) is 11.3 Å². The average Bonchev–Trinajstić information content (AvgIpc) is 2.88. The summed E-state index contributed by atoms with van der Waals surface area (Å²) in [5.74, 6) is -1.22. The van der Waals surface area contributed by atoms with E-state index in [0.29, 0.717) is 12.2 Å². The first-order chi connectivity index (χ1) is 9.38. The number of nitrogens with one attached hydrogen (secondary N) is 1. The Labute approximate surface area is 119 Å². The summed E-state index contributed by atoms with van der Waals surface area (Å²) in [6, 6.07) is 5.64. The van der Waals surface area contributed by atoms with Crippen LogP contribution < -0.4 is 10.5 Å². The van der Waals surface area contributed by atoms with Gasteiger partial charge in [-0.15, -0.1) is 0 Å². The number of anilines is 1. The van der Waals surface area contributed by atoms with Crippen molar-refractivity contribution in [2.24, 2.45) is 5.14 Å². The molecule has 1 aromatic carbocycles. The molecule has 0 spiro atoms. The summed E-state index contributed by atoms with van der Waals surface area (Å²) in [5.41, 5.74) is 1.23. The Kier molecular flexibility index (Phi) is 4.07. The van der Waals surface area contributed by atoms with Gasteiger partial charge in [0.25, 0.3) is 0 Å². The van der Waals surface area contributed by atoms with Crippen molar-refractivity contribution in [3.8, 4) is 0 Å². The van der Waals surface area contributed by atoms with Crippen molar-refractivity contribution in [2.75, 3.05) is 5.32 Å². The minimum atomic E-state index is -3.92. The van der Waals surface area contributed by atoms with E-state index in [1.165, 1.54) is 23.5 Å². The maximum absolute atomic E-state index is 11.2. The topological polar surface area (TPSA) is 109 Å². The van der Waals surface area contributed by atoms with Crippen LogP contribution in [0.4, 0.5) is 5.69 Å². The molecule has 0 unspecified atom stereocenters. The molecule has 0 fully saturated rings. The Balaban J connectivity index is 2.31. The molecule has 0 aliphatic rings. The van der Waals surface area contributed by atoms with E-state index in [1.54, 1.807) is 0 Å². The van der Waals surface area contributed by atoms with Gasteiger partial charge < -0.3 is 10.4 Å². The maximum Gasteiger partial charge on any atom is 0.337 e. The predicted molar refractivity (Wildman–Crippen MR) is 76.4 cm³/mol. The lowest BCUT2D eigenvalue weighted by Crippen LogP contribution is -2.14. The number of aromatic carboxylic acids is 1. The number of carbonyl (C=O) groups is 1. The van der Waals surface area contributed by atoms with Crippen LogP contribution >= 0.6 is 11.3 Å². The van der Waals surface area contributed by atoms with Crippen molar-refractivity contribution in [1.82, 2.24) is 0 Å². The average molecular weight is 312 g/mol. The molecule has 106 valence electrons. The van der Waals surface area contributed by atoms with Crippen LogP contribution in [0.3, 0.4) is 0 Å². The van der Waals surface area contributed by atoms with Crippen LogP contribution in [0.2, 0.25) is 0 Å². The van der Waals surface area contributed by atoms with Crippen LogP contribution in [0.1, 0.15) is 15.9 Å². The molecular weight excluding hydrogens is 300 g/mol. The Bertz CT molecular complexity index is 724. The van der Waals surface area contributed by atoms with E-state index in [9.17, 15) is 13.2 Å². The molecule has 0 saturated heterocycles. The molecule has 20 heavy (non-hydrogen) atoms. The zero-order valence-electron chi connectivity index (χ0n) is 10.2. The molecule has 0 radical (unpaired) electrons. The third-order valence-electron chi connectivity index (χ3n) is 2.61. The molecule has 6 nitrogen and oxygen atoms in total. The standard InChI is InChI=1S/C12H12N2O4S2/c13-20(17,18)9-1-2-11(10(5-9)12(15)16)14-6-8-3-4-19-7-8/h1-5,7,14H,6H2,(H,15,16)(H2,13,17,18). The fourth-order valence-corrected chi connectivity index (χ4v) is 2.83. The largest absolute Gasteiger partial charge is 0.478 e. The SMILES string of the molecule is NS(=O)(=O)c1ccc(NCc2ccsc2)c(C(=O)O)c1. The quantitative estimate of drug-likeness (QED) is 0.778. The molecule has 1 heterocycles. The van der Waals surface area contributed by atoms with Crippen molar-refractivity contribution in [2.45, 2.75) is 11.4 Å². The van der Waals surface area contributed by atoms with Gasteiger partial charge in [0.05, 0.1) is 10.5 Å². The highest BCUT2D eigenvalue weighted by molar-refractivity contribution is 7.89. The molecule has 4 N–H and O–H groups in total. The summed E-state index contributed by atoms with van der Waals surface area (Å²) in [4.78, 5) is 11.0. The van der Waals surface area contributed by atoms with Gasteiger partial charge in [-0.1, -0.05) is 0 Å². The van der Waals surface area contributed by atoms with Crippen LogP contribution in [-0.2, 0) is 16.6 Å². The van der Waals surface area contributed by atoms with Crippen molar-refractivity contribution >= 4 is 33.0 Å². The lowest BCUT2D eigenvalue weighted by molar-refractivity contribution is 0.0697. The molecule has 0 atom stereocenters. The highest BCUT2D eigenvalue weighted by atomic mass is 32.2. The number of hydrogen-bond acceptors (Lipinski definition) is 5. The molecule has 1 aromatic heterocycles. The number of rotatable bonds is 5. The minimum absolute atomic E-state index is 0.133. The Morgan fingerprint density at radius 3 is 2.65 bits per heavy atom. The fourth-order valence-electron chi connectivity index (χ4n) is 1.62. The zero-order chi connectivity index (χ0) is 14.8. The highest BCUT2D eigenvalue weighted by Gasteiger charge is 2.15. The lowest BCUT2D eigenvalue weighted by atomic mass is 10.1. The van der Waals surface area contributed by atoms with Crippen molar-refractivity contribution in [3.63, 3.8) is 0 Å². The van der Waals surface area contributed by atoms with E-state index in [1.807, 2.05) is 16.8 Å². The van der Waals surface area contributed by atoms with E-state index in [0.717, 1.165) is 11.6 Å². The number of hydrogen-bond donors (Lipinski definition) is 3. The van der Waals surface area contributed by atoms with E-state index in [-0.39, 0.29) is 10.5 Å². The summed E-state index contributed by atoms with van der Waals surface area (Å²) in [6.07, 6.45) is 0. The molecule has 0 saturated carbocycles. The van der Waals surface area contributed by atoms with E-state index in [4.69, 9.17) is 10.2 Å². The van der Waals surface area contributed by atoms with Gasteiger partial charge in [0.15, 0.2) is 0 Å². The molecule has 2 rings (SSSR count). The van der Waals surface area contributed by atoms with Crippen LogP contribution in [0.5, 0.6) is 0 Å². The first-order valence-electron chi connectivity index (χ1n) is 5.53. The van der Waals surface area contributed by atoms with Gasteiger partial charge in [0.1, 0.15) is 0 Å². The number of primary sulfonamides is 1. The van der Waals surface area contributed by atoms with Crippen LogP contribution in [0.15, 0.2) is 39.9 Å². The van der Waals surface area contributed by atoms with Gasteiger partial charge >= 0.3 is 5.97 Å². The second-order valence-corrected chi connectivity index (χ2v) is 6.38. The number of nitrogens with two attached hydrogens (primary N) is 1. The summed E-state index contributed by atoms with van der Waals surface area (Å²) < 4.78 is 22.5. The molecule has 8 heteroatoms. The molecule has 0 amide bonds. The fraction of sp³-hybridized carbons (Fsp3) is 0.0833. The first-order valence-corrected chi connectivity index (χ1v) is 8.02. The van der Waals surface area contributed by atoms with Crippen LogP contribution in [-0.4, -0.2) is 19.5 Å². The van der Waals surface area contributed by atoms with Crippen molar-refractivity contribution < 1.29 is 18.3 Å². The number of benzene rings is 1. The van der Waals surface area contributed by atoms with Gasteiger partial charge in [-0.05, 0) is 40.6 Å². The summed E-state index contributed by atoms with van der Waals surface area (Å²) in [5, 5.41) is 20.9. The first kappa shape index (κ1) is 14.5. The third kappa shape index (κ3) is 3.35. The number of carboxylic acids is 1. The van der Waals surface area contributed by atoms with E-state index < -0.39 is 16.0 Å². The summed E-state index contributed by atoms with van der Waals surface area (Å²) >= 11 is 1.54. The number of sulfonamides is 1. The summed E-state index contributed by atoms with van der Waals surface area (Å²) in [6.45, 7) is 0.457. The monoisotopic (exact) mass is 312 g/mol. The van der Waals surface area contributed by atoms with Gasteiger partial charge in [-0.3, -0.25) is 0 Å². The van der Waals surface area contributed by atoms with Crippen LogP contribution in [0.25, 0.3) is 0 Å². The molecule has 0 aliphatic carbocycles. The maximum atomic E-state index is 11.2. The second kappa shape index (κ2) is 5.61. The minimum Gasteiger partial charge on any atom is -0.478 e. The summed E-state index contributed by atoms with van der Waals surface area (Å²) in [7, 11) is -3.92. The third-order valence-corrected chi connectivity index (χ3v) is 4.26. The Morgan fingerprint density at radius 1 is 1.35 bits per heavy atom. The second-order valence-electron chi connectivity index (χ2n) is 4.04. The predicted octanol–water partition coefficient (Wildman–Crippen LogP) is 1.71. The van der Waals surface area contributed by atoms with Crippen LogP contribution in [0, 0.1) is 0 Å². The number of thiophene rings is 1. The van der Waals surface area contributed by atoms with Gasteiger partial charge in [0, 0.05) is 12.2 Å². The van der Waals surface area contributed by atoms with E-state index in [2.05, 4.69) is 5.32 Å². The lowest BCUT2D eigenvalue weighted by Gasteiger charge is -2.10. The highest BCUT2D eigenvalue weighted by Crippen LogP contribution is 2.21. The smallest absolute Gasteiger partial charge is 0.337 e. The number of carboxylic acid groups (broad SMARTS) is 1. The van der Waals surface area contributed by atoms with E-state index >= 15 is 0 Å². The van der Waals surface area contributed by atoms with Crippen molar-refractivity contribution in [3.05, 3.63) is 46.2 Å². The zero-order valence-corrected chi connectivity index (χ0v) is 11.9. The molecule has 0 aliphatic heterocycles. The Morgan fingerprint density at radius 2 is 2.10 bits per heavy atom. The molecule has 0 bridgehead atoms.